The molecule has 2 saturated carbocycles. The van der Waals surface area contributed by atoms with Gasteiger partial charge in [0.15, 0.2) is 0 Å². The summed E-state index contributed by atoms with van der Waals surface area (Å²) in [5.74, 6) is 1.38. The summed E-state index contributed by atoms with van der Waals surface area (Å²) in [4.78, 5) is 0. The van der Waals surface area contributed by atoms with Crippen LogP contribution in [0, 0.1) is 29.4 Å². The molecule has 3 heteroatoms. The Hall–Kier alpha value is -1.22. The van der Waals surface area contributed by atoms with Gasteiger partial charge in [0.2, 0.25) is 0 Å². The molecule has 0 bridgehead atoms. The van der Waals surface area contributed by atoms with E-state index in [-0.39, 0.29) is 17.6 Å². The maximum absolute atomic E-state index is 15.6. The molecule has 5 atom stereocenters. The molecule has 0 aromatic heterocycles. The first-order valence-electron chi connectivity index (χ1n) is 12.8. The van der Waals surface area contributed by atoms with E-state index in [0.29, 0.717) is 36.0 Å². The van der Waals surface area contributed by atoms with Gasteiger partial charge in [0.1, 0.15) is 11.6 Å². The standard InChI is InChI=1S/C28H40F2O/c1-3-5-6-7-19-8-13-25-23(15-19)18-26(29)27(28(25)30)22-10-9-21-17-24(31-14-4-2)12-11-20(21)16-22/h4,18-22,24H,2-3,5-17H2,1H3. The van der Waals surface area contributed by atoms with E-state index >= 15 is 8.78 Å². The fraction of sp³-hybridized carbons (Fsp3) is 0.714. The predicted octanol–water partition coefficient (Wildman–Crippen LogP) is 7.91. The van der Waals surface area contributed by atoms with Gasteiger partial charge in [-0.25, -0.2) is 8.78 Å². The topological polar surface area (TPSA) is 9.23 Å². The van der Waals surface area contributed by atoms with Crippen LogP contribution in [-0.2, 0) is 17.6 Å². The number of halogens is 2. The van der Waals surface area contributed by atoms with Gasteiger partial charge in [-0.2, -0.15) is 0 Å². The second-order valence-corrected chi connectivity index (χ2v) is 10.4. The van der Waals surface area contributed by atoms with Crippen LogP contribution in [0.5, 0.6) is 0 Å². The highest BCUT2D eigenvalue weighted by Crippen LogP contribution is 2.48. The van der Waals surface area contributed by atoms with Gasteiger partial charge in [-0.3, -0.25) is 0 Å². The molecule has 0 spiro atoms. The van der Waals surface area contributed by atoms with Crippen molar-refractivity contribution in [2.75, 3.05) is 6.61 Å². The molecule has 0 N–H and O–H groups in total. The van der Waals surface area contributed by atoms with Crippen LogP contribution in [0.1, 0.15) is 100 Å². The Morgan fingerprint density at radius 2 is 1.87 bits per heavy atom. The summed E-state index contributed by atoms with van der Waals surface area (Å²) in [6.07, 6.45) is 16.0. The van der Waals surface area contributed by atoms with Crippen LogP contribution in [0.3, 0.4) is 0 Å². The molecule has 0 amide bonds. The number of unbranched alkanes of at least 4 members (excludes halogenated alkanes) is 2. The fourth-order valence-corrected chi connectivity index (χ4v) is 6.71. The van der Waals surface area contributed by atoms with E-state index < -0.39 is 0 Å². The van der Waals surface area contributed by atoms with Gasteiger partial charge in [-0.1, -0.05) is 38.7 Å². The Morgan fingerprint density at radius 1 is 1.06 bits per heavy atom. The third-order valence-electron chi connectivity index (χ3n) is 8.40. The average molecular weight is 431 g/mol. The van der Waals surface area contributed by atoms with E-state index in [2.05, 4.69) is 13.5 Å². The molecule has 172 valence electrons. The van der Waals surface area contributed by atoms with Crippen molar-refractivity contribution < 1.29 is 13.5 Å². The summed E-state index contributed by atoms with van der Waals surface area (Å²) in [6.45, 7) is 6.58. The number of rotatable bonds is 8. The summed E-state index contributed by atoms with van der Waals surface area (Å²) in [6, 6.07) is 1.70. The average Bonchev–Trinajstić information content (AvgIpc) is 2.77. The lowest BCUT2D eigenvalue weighted by molar-refractivity contribution is -0.00341. The van der Waals surface area contributed by atoms with Crippen molar-refractivity contribution in [2.45, 2.75) is 102 Å². The highest BCUT2D eigenvalue weighted by Gasteiger charge is 2.38. The van der Waals surface area contributed by atoms with Crippen molar-refractivity contribution in [1.82, 2.24) is 0 Å². The van der Waals surface area contributed by atoms with E-state index in [1.54, 1.807) is 6.07 Å². The minimum atomic E-state index is -0.281. The maximum atomic E-state index is 15.6. The van der Waals surface area contributed by atoms with Gasteiger partial charge >= 0.3 is 0 Å². The van der Waals surface area contributed by atoms with E-state index in [1.807, 2.05) is 6.08 Å². The summed E-state index contributed by atoms with van der Waals surface area (Å²) < 4.78 is 36.7. The summed E-state index contributed by atoms with van der Waals surface area (Å²) in [5.41, 5.74) is 2.18. The maximum Gasteiger partial charge on any atom is 0.133 e. The molecule has 1 nitrogen and oxygen atoms in total. The molecule has 2 fully saturated rings. The molecule has 1 aromatic rings. The smallest absolute Gasteiger partial charge is 0.133 e. The van der Waals surface area contributed by atoms with Crippen LogP contribution >= 0.6 is 0 Å². The predicted molar refractivity (Wildman–Crippen MR) is 123 cm³/mol. The van der Waals surface area contributed by atoms with Gasteiger partial charge in [0.05, 0.1) is 12.7 Å². The molecule has 1 aromatic carbocycles. The molecule has 5 unspecified atom stereocenters. The zero-order valence-electron chi connectivity index (χ0n) is 19.3. The number of ether oxygens (including phenoxy) is 1. The SMILES string of the molecule is C=CCOC1CCC2CC(c3c(F)cc4c(c3F)CCC(CCCCC)C4)CCC2C1. The third kappa shape index (κ3) is 5.24. The first-order chi connectivity index (χ1) is 15.1. The lowest BCUT2D eigenvalue weighted by Gasteiger charge is -2.42. The normalized spacial score (nSPS) is 30.5. The van der Waals surface area contributed by atoms with Crippen LogP contribution in [0.25, 0.3) is 0 Å². The largest absolute Gasteiger partial charge is 0.374 e. The first-order valence-corrected chi connectivity index (χ1v) is 12.8. The molecular formula is C28H40F2O. The van der Waals surface area contributed by atoms with Crippen molar-refractivity contribution in [3.05, 3.63) is 47.0 Å². The van der Waals surface area contributed by atoms with Crippen molar-refractivity contribution in [3.63, 3.8) is 0 Å². The minimum absolute atomic E-state index is 0.0412. The molecule has 3 aliphatic carbocycles. The number of hydrogen-bond donors (Lipinski definition) is 0. The van der Waals surface area contributed by atoms with Crippen molar-refractivity contribution in [3.8, 4) is 0 Å². The Morgan fingerprint density at radius 3 is 2.68 bits per heavy atom. The molecule has 4 rings (SSSR count). The summed E-state index contributed by atoms with van der Waals surface area (Å²) in [7, 11) is 0. The van der Waals surface area contributed by atoms with Crippen LogP contribution in [-0.4, -0.2) is 12.7 Å². The van der Waals surface area contributed by atoms with Gasteiger partial charge in [0, 0.05) is 5.56 Å². The van der Waals surface area contributed by atoms with E-state index in [0.717, 1.165) is 68.9 Å². The molecule has 0 heterocycles. The first kappa shape index (κ1) is 23.0. The van der Waals surface area contributed by atoms with Crippen LogP contribution in [0.4, 0.5) is 8.78 Å². The lowest BCUT2D eigenvalue weighted by atomic mass is 9.65. The third-order valence-corrected chi connectivity index (χ3v) is 8.40. The van der Waals surface area contributed by atoms with Crippen LogP contribution in [0.2, 0.25) is 0 Å². The van der Waals surface area contributed by atoms with Gasteiger partial charge in [-0.15, -0.1) is 6.58 Å². The zero-order valence-corrected chi connectivity index (χ0v) is 19.3. The van der Waals surface area contributed by atoms with Crippen molar-refractivity contribution in [2.24, 2.45) is 17.8 Å². The summed E-state index contributed by atoms with van der Waals surface area (Å²) >= 11 is 0. The zero-order chi connectivity index (χ0) is 21.8. The number of fused-ring (bicyclic) bond motifs is 2. The van der Waals surface area contributed by atoms with Crippen LogP contribution in [0.15, 0.2) is 18.7 Å². The van der Waals surface area contributed by atoms with Gasteiger partial charge in [0.25, 0.3) is 0 Å². The molecule has 0 aliphatic heterocycles. The van der Waals surface area contributed by atoms with Gasteiger partial charge in [-0.05, 0) is 98.7 Å². The molecule has 31 heavy (non-hydrogen) atoms. The van der Waals surface area contributed by atoms with Crippen molar-refractivity contribution >= 4 is 0 Å². The minimum Gasteiger partial charge on any atom is -0.374 e. The number of hydrogen-bond acceptors (Lipinski definition) is 1. The fourth-order valence-electron chi connectivity index (χ4n) is 6.71. The molecule has 0 saturated heterocycles. The Bertz CT molecular complexity index is 758. The van der Waals surface area contributed by atoms with E-state index in [1.165, 1.54) is 25.7 Å². The summed E-state index contributed by atoms with van der Waals surface area (Å²) in [5, 5.41) is 0. The van der Waals surface area contributed by atoms with Crippen molar-refractivity contribution in [1.29, 1.82) is 0 Å². The Kier molecular flexibility index (Phi) is 7.85. The van der Waals surface area contributed by atoms with E-state index in [9.17, 15) is 0 Å². The number of benzene rings is 1. The second-order valence-electron chi connectivity index (χ2n) is 10.4. The molecule has 3 aliphatic rings. The Labute approximate surface area is 187 Å². The Balaban J connectivity index is 1.42. The lowest BCUT2D eigenvalue weighted by Crippen LogP contribution is -2.34. The highest BCUT2D eigenvalue weighted by molar-refractivity contribution is 5.39. The monoisotopic (exact) mass is 430 g/mol. The molecular weight excluding hydrogens is 390 g/mol. The second kappa shape index (κ2) is 10.6. The quantitative estimate of drug-likeness (QED) is 0.301. The molecule has 0 radical (unpaired) electrons. The van der Waals surface area contributed by atoms with Gasteiger partial charge < -0.3 is 4.74 Å². The van der Waals surface area contributed by atoms with E-state index in [4.69, 9.17) is 4.74 Å². The highest BCUT2D eigenvalue weighted by atomic mass is 19.1. The van der Waals surface area contributed by atoms with Crippen LogP contribution < -0.4 is 0 Å².